The van der Waals surface area contributed by atoms with E-state index in [1.165, 1.54) is 51.4 Å². The summed E-state index contributed by atoms with van der Waals surface area (Å²) in [5.74, 6) is 2.68. The van der Waals surface area contributed by atoms with E-state index in [1.54, 1.807) is 0 Å². The van der Waals surface area contributed by atoms with E-state index < -0.39 is 0 Å². The maximum atomic E-state index is 2.34. The highest BCUT2D eigenvalue weighted by molar-refractivity contribution is 4.89. The van der Waals surface area contributed by atoms with Crippen molar-refractivity contribution in [3.63, 3.8) is 0 Å². The fourth-order valence-electron chi connectivity index (χ4n) is 1.96. The summed E-state index contributed by atoms with van der Waals surface area (Å²) < 4.78 is 0. The summed E-state index contributed by atoms with van der Waals surface area (Å²) in [6.45, 7) is 9.25. The SMILES string of the molecule is CCCCC[C](CCCC)CC(C)C. The van der Waals surface area contributed by atoms with Crippen molar-refractivity contribution in [2.24, 2.45) is 5.92 Å². The molecule has 1 radical (unpaired) electrons. The van der Waals surface area contributed by atoms with Crippen LogP contribution in [-0.2, 0) is 0 Å². The normalized spacial score (nSPS) is 11.6. The maximum absolute atomic E-state index is 2.34. The Morgan fingerprint density at radius 1 is 0.857 bits per heavy atom. The van der Waals surface area contributed by atoms with E-state index in [4.69, 9.17) is 0 Å². The molecule has 0 heteroatoms. The molecule has 0 nitrogen and oxygen atoms in total. The molecule has 85 valence electrons. The van der Waals surface area contributed by atoms with Crippen LogP contribution in [0, 0.1) is 11.8 Å². The van der Waals surface area contributed by atoms with E-state index in [2.05, 4.69) is 27.7 Å². The molecule has 0 fully saturated rings. The van der Waals surface area contributed by atoms with Crippen LogP contribution in [0.3, 0.4) is 0 Å². The predicted molar refractivity (Wildman–Crippen MR) is 66.4 cm³/mol. The van der Waals surface area contributed by atoms with Crippen molar-refractivity contribution in [2.45, 2.75) is 79.1 Å². The molecule has 0 unspecified atom stereocenters. The van der Waals surface area contributed by atoms with Gasteiger partial charge in [0.25, 0.3) is 0 Å². The first-order valence-electron chi connectivity index (χ1n) is 6.54. The summed E-state index contributed by atoms with van der Waals surface area (Å²) >= 11 is 0. The molecule has 0 spiro atoms. The second kappa shape index (κ2) is 9.55. The van der Waals surface area contributed by atoms with E-state index in [1.807, 2.05) is 5.92 Å². The van der Waals surface area contributed by atoms with Crippen LogP contribution in [0.1, 0.15) is 79.1 Å². The fraction of sp³-hybridized carbons (Fsp3) is 0.929. The lowest BCUT2D eigenvalue weighted by Gasteiger charge is -2.17. The summed E-state index contributed by atoms with van der Waals surface area (Å²) in [4.78, 5) is 0. The van der Waals surface area contributed by atoms with E-state index >= 15 is 0 Å². The van der Waals surface area contributed by atoms with Gasteiger partial charge in [-0.2, -0.15) is 0 Å². The molecule has 0 N–H and O–H groups in total. The van der Waals surface area contributed by atoms with Gasteiger partial charge >= 0.3 is 0 Å². The summed E-state index contributed by atoms with van der Waals surface area (Å²) in [5.41, 5.74) is 0. The molecule has 0 aromatic carbocycles. The van der Waals surface area contributed by atoms with Gasteiger partial charge in [-0.05, 0) is 31.1 Å². The zero-order valence-electron chi connectivity index (χ0n) is 10.7. The number of hydrogen-bond acceptors (Lipinski definition) is 0. The average Bonchev–Trinajstić information content (AvgIpc) is 2.13. The maximum Gasteiger partial charge on any atom is -0.0238 e. The number of rotatable bonds is 9. The molecule has 0 aliphatic carbocycles. The number of hydrogen-bond donors (Lipinski definition) is 0. The molecule has 0 atom stereocenters. The van der Waals surface area contributed by atoms with Crippen molar-refractivity contribution in [3.05, 3.63) is 5.92 Å². The first-order chi connectivity index (χ1) is 6.70. The lowest BCUT2D eigenvalue weighted by molar-refractivity contribution is 0.508. The topological polar surface area (TPSA) is 0 Å². The zero-order chi connectivity index (χ0) is 10.8. The third kappa shape index (κ3) is 8.59. The zero-order valence-corrected chi connectivity index (χ0v) is 10.7. The summed E-state index contributed by atoms with van der Waals surface area (Å²) in [5, 5.41) is 0. The van der Waals surface area contributed by atoms with Gasteiger partial charge in [0.2, 0.25) is 0 Å². The smallest absolute Gasteiger partial charge is 0.0238 e. The van der Waals surface area contributed by atoms with Crippen LogP contribution in [0.25, 0.3) is 0 Å². The molecule has 0 amide bonds. The van der Waals surface area contributed by atoms with Gasteiger partial charge in [-0.1, -0.05) is 59.8 Å². The average molecular weight is 197 g/mol. The van der Waals surface area contributed by atoms with Crippen LogP contribution >= 0.6 is 0 Å². The fourth-order valence-corrected chi connectivity index (χ4v) is 1.96. The highest BCUT2D eigenvalue weighted by Crippen LogP contribution is 2.25. The van der Waals surface area contributed by atoms with Crippen molar-refractivity contribution in [3.8, 4) is 0 Å². The van der Waals surface area contributed by atoms with Gasteiger partial charge in [0.1, 0.15) is 0 Å². The second-order valence-electron chi connectivity index (χ2n) is 4.91. The third-order valence-electron chi connectivity index (χ3n) is 2.71. The minimum atomic E-state index is 0.850. The summed E-state index contributed by atoms with van der Waals surface area (Å²) in [6, 6.07) is 0. The van der Waals surface area contributed by atoms with Gasteiger partial charge in [0.15, 0.2) is 0 Å². The lowest BCUT2D eigenvalue weighted by atomic mass is 9.88. The molecule has 0 saturated carbocycles. The van der Waals surface area contributed by atoms with E-state index in [9.17, 15) is 0 Å². The van der Waals surface area contributed by atoms with Crippen molar-refractivity contribution >= 4 is 0 Å². The third-order valence-corrected chi connectivity index (χ3v) is 2.71. The Labute approximate surface area is 91.5 Å². The molecule has 0 rings (SSSR count). The van der Waals surface area contributed by atoms with Gasteiger partial charge in [-0.25, -0.2) is 0 Å². The molecule has 0 bridgehead atoms. The Morgan fingerprint density at radius 2 is 1.43 bits per heavy atom. The molecule has 0 saturated heterocycles. The van der Waals surface area contributed by atoms with Crippen LogP contribution in [0.2, 0.25) is 0 Å². The Bertz CT molecular complexity index is 105. The Kier molecular flexibility index (Phi) is 9.55. The lowest BCUT2D eigenvalue weighted by Crippen LogP contribution is -2.02. The van der Waals surface area contributed by atoms with E-state index in [0.29, 0.717) is 0 Å². The van der Waals surface area contributed by atoms with Crippen LogP contribution < -0.4 is 0 Å². The van der Waals surface area contributed by atoms with Gasteiger partial charge in [-0.15, -0.1) is 0 Å². The van der Waals surface area contributed by atoms with Crippen LogP contribution in [0.4, 0.5) is 0 Å². The molecule has 0 aromatic rings. The summed E-state index contributed by atoms with van der Waals surface area (Å²) in [7, 11) is 0. The molecule has 14 heavy (non-hydrogen) atoms. The predicted octanol–water partition coefficient (Wildman–Crippen LogP) is 5.38. The van der Waals surface area contributed by atoms with Crippen LogP contribution in [0.5, 0.6) is 0 Å². The first-order valence-corrected chi connectivity index (χ1v) is 6.54. The highest BCUT2D eigenvalue weighted by atomic mass is 14.2. The van der Waals surface area contributed by atoms with Crippen molar-refractivity contribution in [2.75, 3.05) is 0 Å². The van der Waals surface area contributed by atoms with Crippen molar-refractivity contribution < 1.29 is 0 Å². The van der Waals surface area contributed by atoms with E-state index in [0.717, 1.165) is 5.92 Å². The largest absolute Gasteiger partial charge is 0.0654 e. The molecular formula is C14H29. The first kappa shape index (κ1) is 14.0. The Morgan fingerprint density at radius 3 is 1.93 bits per heavy atom. The van der Waals surface area contributed by atoms with Crippen molar-refractivity contribution in [1.29, 1.82) is 0 Å². The standard InChI is InChI=1S/C14H29/c1-5-7-9-11-14(10-8-6-2)12-13(3)4/h13H,5-12H2,1-4H3. The second-order valence-corrected chi connectivity index (χ2v) is 4.91. The number of unbranched alkanes of at least 4 members (excludes halogenated alkanes) is 3. The van der Waals surface area contributed by atoms with Crippen LogP contribution in [0.15, 0.2) is 0 Å². The minimum Gasteiger partial charge on any atom is -0.0654 e. The van der Waals surface area contributed by atoms with Gasteiger partial charge in [-0.3, -0.25) is 0 Å². The molecule has 0 aliphatic heterocycles. The summed E-state index contributed by atoms with van der Waals surface area (Å²) in [6.07, 6.45) is 11.1. The minimum absolute atomic E-state index is 0.850. The Balaban J connectivity index is 3.61. The van der Waals surface area contributed by atoms with Gasteiger partial charge in [0, 0.05) is 0 Å². The highest BCUT2D eigenvalue weighted by Gasteiger charge is 2.10. The van der Waals surface area contributed by atoms with Crippen LogP contribution in [-0.4, -0.2) is 0 Å². The Hall–Kier alpha value is 0. The van der Waals surface area contributed by atoms with Gasteiger partial charge in [0.05, 0.1) is 0 Å². The molecular weight excluding hydrogens is 168 g/mol. The monoisotopic (exact) mass is 197 g/mol. The quantitative estimate of drug-likeness (QED) is 0.435. The van der Waals surface area contributed by atoms with Crippen molar-refractivity contribution in [1.82, 2.24) is 0 Å². The molecule has 0 heterocycles. The molecule has 0 aromatic heterocycles. The van der Waals surface area contributed by atoms with Gasteiger partial charge < -0.3 is 0 Å². The molecule has 0 aliphatic rings. The van der Waals surface area contributed by atoms with E-state index in [-0.39, 0.29) is 0 Å².